The van der Waals surface area contributed by atoms with Gasteiger partial charge in [0, 0.05) is 5.41 Å². The highest BCUT2D eigenvalue weighted by Crippen LogP contribution is 2.43. The Morgan fingerprint density at radius 3 is 2.42 bits per heavy atom. The molecule has 0 fully saturated rings. The predicted octanol–water partition coefficient (Wildman–Crippen LogP) is 2.80. The molecule has 0 aromatic heterocycles. The predicted molar refractivity (Wildman–Crippen MR) is 72.7 cm³/mol. The molecular formula is C15H18O4. The molecule has 0 bridgehead atoms. The molecule has 0 saturated carbocycles. The van der Waals surface area contributed by atoms with E-state index in [1.54, 1.807) is 18.2 Å². The summed E-state index contributed by atoms with van der Waals surface area (Å²) in [7, 11) is 0. The van der Waals surface area contributed by atoms with E-state index in [1.807, 2.05) is 6.92 Å². The van der Waals surface area contributed by atoms with Crippen LogP contribution in [-0.2, 0) is 9.59 Å². The molecule has 2 unspecified atom stereocenters. The Hall–Kier alpha value is -2.10. The Balaban J connectivity index is 3.46. The molecule has 0 radical (unpaired) electrons. The molecule has 0 amide bonds. The van der Waals surface area contributed by atoms with Gasteiger partial charge in [-0.05, 0) is 18.4 Å². The average Bonchev–Trinajstić information content (AvgIpc) is 2.31. The van der Waals surface area contributed by atoms with E-state index in [0.717, 1.165) is 0 Å². The lowest BCUT2D eigenvalue weighted by atomic mass is 9.69. The first kappa shape index (κ1) is 15.0. The summed E-state index contributed by atoms with van der Waals surface area (Å²) in [6.07, 6.45) is 7.40. The van der Waals surface area contributed by atoms with Crippen molar-refractivity contribution in [2.75, 3.05) is 0 Å². The van der Waals surface area contributed by atoms with E-state index < -0.39 is 23.3 Å². The van der Waals surface area contributed by atoms with Crippen molar-refractivity contribution in [3.63, 3.8) is 0 Å². The van der Waals surface area contributed by atoms with Crippen molar-refractivity contribution >= 4 is 11.9 Å². The zero-order valence-electron chi connectivity index (χ0n) is 10.9. The normalized spacial score (nSPS) is 26.1. The number of carbonyl (C=O) groups is 2. The summed E-state index contributed by atoms with van der Waals surface area (Å²) in [6, 6.07) is 0. The minimum absolute atomic E-state index is 0.0562. The summed E-state index contributed by atoms with van der Waals surface area (Å²) in [6.45, 7) is 9.17. The minimum atomic E-state index is -1.19. The molecule has 4 heteroatoms. The van der Waals surface area contributed by atoms with E-state index in [0.29, 0.717) is 18.4 Å². The van der Waals surface area contributed by atoms with Crippen LogP contribution in [-0.4, -0.2) is 22.2 Å². The van der Waals surface area contributed by atoms with Crippen molar-refractivity contribution in [3.05, 3.63) is 48.6 Å². The van der Waals surface area contributed by atoms with Gasteiger partial charge >= 0.3 is 11.9 Å². The smallest absolute Gasteiger partial charge is 0.332 e. The molecule has 4 nitrogen and oxygen atoms in total. The van der Waals surface area contributed by atoms with Crippen LogP contribution in [0, 0.1) is 11.3 Å². The van der Waals surface area contributed by atoms with Gasteiger partial charge in [-0.2, -0.15) is 0 Å². The number of aliphatic carboxylic acids is 2. The van der Waals surface area contributed by atoms with Crippen LogP contribution in [0.2, 0.25) is 0 Å². The second-order valence-electron chi connectivity index (χ2n) is 4.78. The highest BCUT2D eigenvalue weighted by molar-refractivity contribution is 5.96. The summed E-state index contributed by atoms with van der Waals surface area (Å²) >= 11 is 0. The third-order valence-corrected chi connectivity index (χ3v) is 3.40. The first-order valence-electron chi connectivity index (χ1n) is 5.98. The Labute approximate surface area is 112 Å². The van der Waals surface area contributed by atoms with Crippen LogP contribution in [0.15, 0.2) is 48.6 Å². The lowest BCUT2D eigenvalue weighted by molar-refractivity contribution is -0.142. The zero-order valence-corrected chi connectivity index (χ0v) is 10.9. The number of rotatable bonds is 6. The van der Waals surface area contributed by atoms with Crippen molar-refractivity contribution in [3.8, 4) is 0 Å². The number of hydrogen-bond acceptors (Lipinski definition) is 2. The molecule has 1 aliphatic rings. The third kappa shape index (κ3) is 2.84. The number of carboxylic acids is 2. The van der Waals surface area contributed by atoms with E-state index in [4.69, 9.17) is 5.11 Å². The molecule has 1 aliphatic carbocycles. The Morgan fingerprint density at radius 1 is 1.37 bits per heavy atom. The van der Waals surface area contributed by atoms with E-state index in [9.17, 15) is 14.7 Å². The quantitative estimate of drug-likeness (QED) is 0.722. The summed E-state index contributed by atoms with van der Waals surface area (Å²) < 4.78 is 0. The maximum absolute atomic E-state index is 11.4. The van der Waals surface area contributed by atoms with Crippen LogP contribution >= 0.6 is 0 Å². The highest BCUT2D eigenvalue weighted by atomic mass is 16.4. The average molecular weight is 262 g/mol. The summed E-state index contributed by atoms with van der Waals surface area (Å²) in [5, 5.41) is 18.5. The lowest BCUT2D eigenvalue weighted by Gasteiger charge is -2.34. The van der Waals surface area contributed by atoms with Gasteiger partial charge in [0.15, 0.2) is 0 Å². The molecule has 0 spiro atoms. The van der Waals surface area contributed by atoms with E-state index in [-0.39, 0.29) is 5.57 Å². The lowest BCUT2D eigenvalue weighted by Crippen LogP contribution is -2.30. The summed E-state index contributed by atoms with van der Waals surface area (Å²) in [4.78, 5) is 22.6. The van der Waals surface area contributed by atoms with Crippen LogP contribution in [0.4, 0.5) is 0 Å². The van der Waals surface area contributed by atoms with Crippen molar-refractivity contribution < 1.29 is 19.8 Å². The topological polar surface area (TPSA) is 74.6 Å². The fourth-order valence-electron chi connectivity index (χ4n) is 2.45. The standard InChI is InChI=1S/C15H18O4/c1-4-6-11-12(14(18)19)10(13(16)17)7-9-15(11,3)8-5-2/h4-5,7,9-10H,1-2,6,8H2,3H3,(H,16,17)(H,18,19). The first-order chi connectivity index (χ1) is 8.87. The van der Waals surface area contributed by atoms with Gasteiger partial charge in [-0.3, -0.25) is 4.79 Å². The van der Waals surface area contributed by atoms with E-state index >= 15 is 0 Å². The van der Waals surface area contributed by atoms with Gasteiger partial charge in [-0.1, -0.05) is 31.2 Å². The van der Waals surface area contributed by atoms with Crippen LogP contribution < -0.4 is 0 Å². The van der Waals surface area contributed by atoms with E-state index in [2.05, 4.69) is 13.2 Å². The van der Waals surface area contributed by atoms with Crippen molar-refractivity contribution in [2.24, 2.45) is 11.3 Å². The molecule has 2 atom stereocenters. The van der Waals surface area contributed by atoms with Crippen LogP contribution in [0.5, 0.6) is 0 Å². The number of hydrogen-bond donors (Lipinski definition) is 2. The maximum atomic E-state index is 11.4. The molecule has 0 aliphatic heterocycles. The second-order valence-corrected chi connectivity index (χ2v) is 4.78. The molecule has 0 aromatic carbocycles. The third-order valence-electron chi connectivity index (χ3n) is 3.40. The largest absolute Gasteiger partial charge is 0.481 e. The van der Waals surface area contributed by atoms with Gasteiger partial charge in [0.1, 0.15) is 5.92 Å². The Kier molecular flexibility index (Phi) is 4.48. The Morgan fingerprint density at radius 2 is 2.00 bits per heavy atom. The van der Waals surface area contributed by atoms with Crippen molar-refractivity contribution in [1.82, 2.24) is 0 Å². The monoisotopic (exact) mass is 262 g/mol. The molecule has 2 N–H and O–H groups in total. The molecule has 102 valence electrons. The second kappa shape index (κ2) is 5.69. The fraction of sp³-hybridized carbons (Fsp3) is 0.333. The number of carboxylic acid groups (broad SMARTS) is 2. The van der Waals surface area contributed by atoms with Crippen LogP contribution in [0.3, 0.4) is 0 Å². The Bertz CT molecular complexity index is 484. The molecule has 19 heavy (non-hydrogen) atoms. The van der Waals surface area contributed by atoms with Crippen LogP contribution in [0.25, 0.3) is 0 Å². The summed E-state index contributed by atoms with van der Waals surface area (Å²) in [5.41, 5.74) is 0.0133. The molecule has 0 aromatic rings. The van der Waals surface area contributed by atoms with E-state index in [1.165, 1.54) is 6.08 Å². The number of allylic oxidation sites excluding steroid dienone is 4. The molecule has 0 heterocycles. The zero-order chi connectivity index (χ0) is 14.6. The van der Waals surface area contributed by atoms with Gasteiger partial charge in [0.05, 0.1) is 5.57 Å². The molecule has 0 saturated heterocycles. The van der Waals surface area contributed by atoms with Gasteiger partial charge in [0.2, 0.25) is 0 Å². The van der Waals surface area contributed by atoms with Gasteiger partial charge in [-0.25, -0.2) is 4.79 Å². The molecular weight excluding hydrogens is 244 g/mol. The first-order valence-corrected chi connectivity index (χ1v) is 5.98. The fourth-order valence-corrected chi connectivity index (χ4v) is 2.45. The van der Waals surface area contributed by atoms with Crippen molar-refractivity contribution in [2.45, 2.75) is 19.8 Å². The van der Waals surface area contributed by atoms with Gasteiger partial charge < -0.3 is 10.2 Å². The van der Waals surface area contributed by atoms with Crippen LogP contribution in [0.1, 0.15) is 19.8 Å². The van der Waals surface area contributed by atoms with Gasteiger partial charge in [0.25, 0.3) is 0 Å². The highest BCUT2D eigenvalue weighted by Gasteiger charge is 2.38. The minimum Gasteiger partial charge on any atom is -0.481 e. The van der Waals surface area contributed by atoms with Gasteiger partial charge in [-0.15, -0.1) is 13.2 Å². The molecule has 1 rings (SSSR count). The summed E-state index contributed by atoms with van der Waals surface area (Å²) in [5.74, 6) is -3.45. The SMILES string of the molecule is C=CCC1=C(C(=O)O)C(C(=O)O)C=CC1(C)CC=C. The van der Waals surface area contributed by atoms with Crippen molar-refractivity contribution in [1.29, 1.82) is 0 Å². The maximum Gasteiger partial charge on any atom is 0.332 e.